The van der Waals surface area contributed by atoms with Crippen LogP contribution in [0, 0.1) is 6.92 Å². The van der Waals surface area contributed by atoms with E-state index in [9.17, 15) is 4.79 Å². The zero-order valence-electron chi connectivity index (χ0n) is 14.9. The molecule has 132 valence electrons. The van der Waals surface area contributed by atoms with Crippen molar-refractivity contribution in [3.05, 3.63) is 29.8 Å². The highest BCUT2D eigenvalue weighted by Gasteiger charge is 2.15. The van der Waals surface area contributed by atoms with Crippen molar-refractivity contribution >= 4 is 17.5 Å². The minimum Gasteiger partial charge on any atom is -0.469 e. The van der Waals surface area contributed by atoms with Gasteiger partial charge in [-0.3, -0.25) is 10.2 Å². The first-order chi connectivity index (χ1) is 11.7. The molecular formula is C19H29N3O2. The van der Waals surface area contributed by atoms with Crippen LogP contribution in [-0.4, -0.2) is 36.9 Å². The molecular weight excluding hydrogens is 302 g/mol. The molecule has 5 nitrogen and oxygen atoms in total. The predicted molar refractivity (Wildman–Crippen MR) is 98.1 cm³/mol. The number of aryl methyl sites for hydroxylation is 1. The standard InChI is InChI=1S/C19H29N3O2/c1-16-10-12-17(13-11-16)20-21-18(22-14-6-3-7-15-22)8-4-5-9-19(23)24-2/h10-13,20H,3-9,14-15H2,1-2H3/b21-18-. The average molecular weight is 331 g/mol. The number of anilines is 1. The van der Waals surface area contributed by atoms with Crippen molar-refractivity contribution in [3.63, 3.8) is 0 Å². The molecule has 0 radical (unpaired) electrons. The smallest absolute Gasteiger partial charge is 0.305 e. The van der Waals surface area contributed by atoms with Crippen molar-refractivity contribution in [2.75, 3.05) is 25.6 Å². The molecule has 1 aliphatic heterocycles. The zero-order valence-corrected chi connectivity index (χ0v) is 14.9. The van der Waals surface area contributed by atoms with Crippen LogP contribution in [0.3, 0.4) is 0 Å². The van der Waals surface area contributed by atoms with Crippen LogP contribution in [0.2, 0.25) is 0 Å². The summed E-state index contributed by atoms with van der Waals surface area (Å²) in [6.45, 7) is 4.23. The Hall–Kier alpha value is -2.04. The quantitative estimate of drug-likeness (QED) is 0.270. The number of ether oxygens (including phenoxy) is 1. The van der Waals surface area contributed by atoms with Crippen LogP contribution in [-0.2, 0) is 9.53 Å². The van der Waals surface area contributed by atoms with E-state index in [0.717, 1.165) is 43.9 Å². The molecule has 1 aliphatic rings. The molecule has 0 amide bonds. The number of hydrogen-bond donors (Lipinski definition) is 1. The van der Waals surface area contributed by atoms with Crippen LogP contribution >= 0.6 is 0 Å². The van der Waals surface area contributed by atoms with Gasteiger partial charge in [-0.1, -0.05) is 17.7 Å². The Kier molecular flexibility index (Phi) is 7.59. The lowest BCUT2D eigenvalue weighted by Crippen LogP contribution is -2.36. The molecule has 0 atom stereocenters. The Morgan fingerprint density at radius 3 is 2.46 bits per heavy atom. The molecule has 0 spiro atoms. The van der Waals surface area contributed by atoms with E-state index in [1.807, 2.05) is 12.1 Å². The second-order valence-corrected chi connectivity index (χ2v) is 6.34. The lowest BCUT2D eigenvalue weighted by Gasteiger charge is -2.29. The van der Waals surface area contributed by atoms with Gasteiger partial charge in [-0.25, -0.2) is 0 Å². The Morgan fingerprint density at radius 1 is 1.12 bits per heavy atom. The van der Waals surface area contributed by atoms with Crippen LogP contribution < -0.4 is 5.43 Å². The lowest BCUT2D eigenvalue weighted by atomic mass is 10.1. The van der Waals surface area contributed by atoms with Crippen molar-refractivity contribution < 1.29 is 9.53 Å². The van der Waals surface area contributed by atoms with Crippen LogP contribution in [0.1, 0.15) is 50.5 Å². The molecule has 0 aromatic heterocycles. The van der Waals surface area contributed by atoms with Crippen molar-refractivity contribution in [2.24, 2.45) is 5.10 Å². The number of amidine groups is 1. The van der Waals surface area contributed by atoms with Gasteiger partial charge in [0.25, 0.3) is 0 Å². The predicted octanol–water partition coefficient (Wildman–Crippen LogP) is 3.94. The fourth-order valence-electron chi connectivity index (χ4n) is 2.85. The summed E-state index contributed by atoms with van der Waals surface area (Å²) in [4.78, 5) is 13.6. The highest BCUT2D eigenvalue weighted by atomic mass is 16.5. The molecule has 1 saturated heterocycles. The second kappa shape index (κ2) is 9.96. The number of nitrogens with one attached hydrogen (secondary N) is 1. The van der Waals surface area contributed by atoms with Gasteiger partial charge in [0.1, 0.15) is 5.84 Å². The maximum Gasteiger partial charge on any atom is 0.305 e. The molecule has 1 fully saturated rings. The van der Waals surface area contributed by atoms with E-state index in [0.29, 0.717) is 6.42 Å². The molecule has 24 heavy (non-hydrogen) atoms. The molecule has 1 N–H and O–H groups in total. The number of unbranched alkanes of at least 4 members (excludes halogenated alkanes) is 1. The summed E-state index contributed by atoms with van der Waals surface area (Å²) in [5.41, 5.74) is 5.43. The summed E-state index contributed by atoms with van der Waals surface area (Å²) in [6.07, 6.45) is 6.91. The largest absolute Gasteiger partial charge is 0.469 e. The summed E-state index contributed by atoms with van der Waals surface area (Å²) >= 11 is 0. The van der Waals surface area contributed by atoms with E-state index in [1.54, 1.807) is 0 Å². The number of piperidine rings is 1. The molecule has 5 heteroatoms. The number of esters is 1. The van der Waals surface area contributed by atoms with E-state index in [-0.39, 0.29) is 5.97 Å². The van der Waals surface area contributed by atoms with Gasteiger partial charge >= 0.3 is 5.97 Å². The van der Waals surface area contributed by atoms with Gasteiger partial charge in [0.15, 0.2) is 0 Å². The van der Waals surface area contributed by atoms with Gasteiger partial charge in [0.2, 0.25) is 0 Å². The highest BCUT2D eigenvalue weighted by Crippen LogP contribution is 2.15. The van der Waals surface area contributed by atoms with Crippen molar-refractivity contribution in [1.29, 1.82) is 0 Å². The minimum atomic E-state index is -0.135. The number of benzene rings is 1. The van der Waals surface area contributed by atoms with Gasteiger partial charge < -0.3 is 9.64 Å². The number of likely N-dealkylation sites (tertiary alicyclic amines) is 1. The van der Waals surface area contributed by atoms with Crippen LogP contribution in [0.15, 0.2) is 29.4 Å². The first kappa shape index (κ1) is 18.3. The average Bonchev–Trinajstić information content (AvgIpc) is 2.63. The summed E-state index contributed by atoms with van der Waals surface area (Å²) in [6, 6.07) is 8.25. The third-order valence-electron chi connectivity index (χ3n) is 4.35. The topological polar surface area (TPSA) is 53.9 Å². The minimum absolute atomic E-state index is 0.135. The van der Waals surface area contributed by atoms with Gasteiger partial charge in [-0.05, 0) is 51.2 Å². The number of carbonyl (C=O) groups is 1. The van der Waals surface area contributed by atoms with Gasteiger partial charge in [0, 0.05) is 25.9 Å². The third-order valence-corrected chi connectivity index (χ3v) is 4.35. The molecule has 0 bridgehead atoms. The highest BCUT2D eigenvalue weighted by molar-refractivity contribution is 5.83. The Balaban J connectivity index is 1.92. The Labute approximate surface area is 145 Å². The maximum atomic E-state index is 11.2. The fourth-order valence-corrected chi connectivity index (χ4v) is 2.85. The number of carbonyl (C=O) groups excluding carboxylic acids is 1. The lowest BCUT2D eigenvalue weighted by molar-refractivity contribution is -0.140. The van der Waals surface area contributed by atoms with Gasteiger partial charge in [0.05, 0.1) is 12.8 Å². The van der Waals surface area contributed by atoms with E-state index in [2.05, 4.69) is 34.5 Å². The third kappa shape index (κ3) is 6.22. The van der Waals surface area contributed by atoms with Crippen molar-refractivity contribution in [3.8, 4) is 0 Å². The normalized spacial score (nSPS) is 15.2. The number of nitrogens with zero attached hydrogens (tertiary/aromatic N) is 2. The number of hydrogen-bond acceptors (Lipinski definition) is 4. The summed E-state index contributed by atoms with van der Waals surface area (Å²) in [7, 11) is 1.44. The van der Waals surface area contributed by atoms with E-state index < -0.39 is 0 Å². The van der Waals surface area contributed by atoms with Crippen molar-refractivity contribution in [2.45, 2.75) is 51.9 Å². The van der Waals surface area contributed by atoms with Crippen LogP contribution in [0.25, 0.3) is 0 Å². The number of methoxy groups -OCH3 is 1. The monoisotopic (exact) mass is 331 g/mol. The van der Waals surface area contributed by atoms with Gasteiger partial charge in [-0.2, -0.15) is 5.10 Å². The fraction of sp³-hybridized carbons (Fsp3) is 0.579. The molecule has 0 unspecified atom stereocenters. The van der Waals surface area contributed by atoms with Crippen LogP contribution in [0.4, 0.5) is 5.69 Å². The molecule has 0 aliphatic carbocycles. The molecule has 1 aromatic carbocycles. The summed E-state index contributed by atoms with van der Waals surface area (Å²) < 4.78 is 4.70. The zero-order chi connectivity index (χ0) is 17.2. The Morgan fingerprint density at radius 2 is 1.79 bits per heavy atom. The molecule has 2 rings (SSSR count). The Bertz CT molecular complexity index is 534. The van der Waals surface area contributed by atoms with Crippen LogP contribution in [0.5, 0.6) is 0 Å². The molecule has 0 saturated carbocycles. The molecule has 1 aromatic rings. The second-order valence-electron chi connectivity index (χ2n) is 6.34. The SMILES string of the molecule is COC(=O)CCCC/C(=N/Nc1ccc(C)cc1)N1CCCCC1. The number of hydrazone groups is 1. The first-order valence-corrected chi connectivity index (χ1v) is 8.90. The summed E-state index contributed by atoms with van der Waals surface area (Å²) in [5.74, 6) is 0.962. The van der Waals surface area contributed by atoms with E-state index in [1.165, 1.54) is 31.9 Å². The maximum absolute atomic E-state index is 11.2. The van der Waals surface area contributed by atoms with Crippen molar-refractivity contribution in [1.82, 2.24) is 4.90 Å². The van der Waals surface area contributed by atoms with Gasteiger partial charge in [-0.15, -0.1) is 0 Å². The van der Waals surface area contributed by atoms with E-state index in [4.69, 9.17) is 4.74 Å². The number of rotatable bonds is 7. The van der Waals surface area contributed by atoms with E-state index >= 15 is 0 Å². The molecule has 1 heterocycles. The first-order valence-electron chi connectivity index (χ1n) is 8.90. The summed E-state index contributed by atoms with van der Waals surface area (Å²) in [5, 5.41) is 4.66.